The van der Waals surface area contributed by atoms with Gasteiger partial charge in [-0.25, -0.2) is 0 Å². The Hall–Kier alpha value is -2.54. The fraction of sp³-hybridized carbons (Fsp3) is 0.320. The summed E-state index contributed by atoms with van der Waals surface area (Å²) >= 11 is 7.98. The van der Waals surface area contributed by atoms with Crippen LogP contribution >= 0.6 is 22.9 Å². The molecule has 5 rings (SSSR count). The van der Waals surface area contributed by atoms with E-state index in [1.54, 1.807) is 11.3 Å². The number of para-hydroxylation sites is 1. The molecular weight excluding hydrogens is 442 g/mol. The molecule has 0 aliphatic carbocycles. The van der Waals surface area contributed by atoms with Crippen molar-refractivity contribution in [3.63, 3.8) is 0 Å². The third-order valence-electron chi connectivity index (χ3n) is 6.07. The third kappa shape index (κ3) is 4.35. The zero-order valence-corrected chi connectivity index (χ0v) is 19.4. The van der Waals surface area contributed by atoms with Crippen molar-refractivity contribution in [1.29, 1.82) is 0 Å². The van der Waals surface area contributed by atoms with Crippen LogP contribution in [0, 0.1) is 0 Å². The van der Waals surface area contributed by atoms with E-state index in [9.17, 15) is 4.79 Å². The summed E-state index contributed by atoms with van der Waals surface area (Å²) in [5.41, 5.74) is 3.32. The molecule has 5 nitrogen and oxygen atoms in total. The molecule has 3 heterocycles. The quantitative estimate of drug-likeness (QED) is 0.548. The normalized spacial score (nSPS) is 17.0. The molecule has 2 fully saturated rings. The Kier molecular flexibility index (Phi) is 6.35. The Morgan fingerprint density at radius 1 is 0.844 bits per heavy atom. The van der Waals surface area contributed by atoms with Crippen molar-refractivity contribution in [3.05, 3.63) is 70.6 Å². The summed E-state index contributed by atoms with van der Waals surface area (Å²) in [7, 11) is 0. The monoisotopic (exact) mass is 467 g/mol. The minimum atomic E-state index is 0.116. The fourth-order valence-electron chi connectivity index (χ4n) is 4.33. The van der Waals surface area contributed by atoms with Crippen LogP contribution in [0.15, 0.2) is 60.7 Å². The molecule has 2 aliphatic rings. The van der Waals surface area contributed by atoms with E-state index >= 15 is 0 Å². The van der Waals surface area contributed by atoms with E-state index in [0.29, 0.717) is 13.1 Å². The van der Waals surface area contributed by atoms with Crippen molar-refractivity contribution in [2.45, 2.75) is 0 Å². The molecule has 2 aromatic carbocycles. The van der Waals surface area contributed by atoms with Gasteiger partial charge < -0.3 is 19.4 Å². The topological polar surface area (TPSA) is 36.0 Å². The Morgan fingerprint density at radius 3 is 2.25 bits per heavy atom. The molecule has 0 N–H and O–H groups in total. The lowest BCUT2D eigenvalue weighted by Crippen LogP contribution is -2.48. The molecule has 166 valence electrons. The number of nitrogens with zero attached hydrogens (tertiary/aromatic N) is 3. The first kappa shape index (κ1) is 21.3. The molecule has 0 atom stereocenters. The van der Waals surface area contributed by atoms with Gasteiger partial charge in [-0.2, -0.15) is 0 Å². The molecule has 3 aromatic rings. The van der Waals surface area contributed by atoms with Gasteiger partial charge in [0.25, 0.3) is 5.91 Å². The first-order valence-corrected chi connectivity index (χ1v) is 12.2. The summed E-state index contributed by atoms with van der Waals surface area (Å²) in [6, 6.07) is 20.3. The molecule has 2 saturated heterocycles. The van der Waals surface area contributed by atoms with Crippen LogP contribution in [0.2, 0.25) is 5.02 Å². The van der Waals surface area contributed by atoms with Crippen molar-refractivity contribution in [3.8, 4) is 11.1 Å². The predicted molar refractivity (Wildman–Crippen MR) is 132 cm³/mol. The Morgan fingerprint density at radius 2 is 1.53 bits per heavy atom. The standard InChI is InChI=1S/C25H26ClN3O2S/c26-21-8-4-5-9-22(21)27-10-12-28(13-11-27)24(30)23-18-20(19-6-2-1-3-7-19)25(32-23)29-14-16-31-17-15-29/h1-9,18H,10-17H2. The second-order valence-electron chi connectivity index (χ2n) is 8.03. The number of morpholine rings is 1. The molecular formula is C25H26ClN3O2S. The van der Waals surface area contributed by atoms with E-state index in [1.807, 2.05) is 47.4 Å². The molecule has 1 aromatic heterocycles. The van der Waals surface area contributed by atoms with Crippen molar-refractivity contribution in [2.24, 2.45) is 0 Å². The minimum absolute atomic E-state index is 0.116. The summed E-state index contributed by atoms with van der Waals surface area (Å²) in [6.45, 7) is 6.09. The van der Waals surface area contributed by atoms with E-state index in [1.165, 1.54) is 0 Å². The molecule has 32 heavy (non-hydrogen) atoms. The van der Waals surface area contributed by atoms with Crippen molar-refractivity contribution in [2.75, 3.05) is 62.3 Å². The molecule has 7 heteroatoms. The second kappa shape index (κ2) is 9.53. The van der Waals surface area contributed by atoms with Crippen molar-refractivity contribution < 1.29 is 9.53 Å². The number of hydrogen-bond acceptors (Lipinski definition) is 5. The number of carbonyl (C=O) groups excluding carboxylic acids is 1. The molecule has 1 amide bonds. The number of halogens is 1. The largest absolute Gasteiger partial charge is 0.378 e. The zero-order chi connectivity index (χ0) is 21.9. The first-order valence-electron chi connectivity index (χ1n) is 11.0. The van der Waals surface area contributed by atoms with Crippen molar-refractivity contribution >= 4 is 39.5 Å². The van der Waals surface area contributed by atoms with Gasteiger partial charge in [-0.05, 0) is 23.8 Å². The van der Waals surface area contributed by atoms with Gasteiger partial charge in [0.15, 0.2) is 0 Å². The summed E-state index contributed by atoms with van der Waals surface area (Å²) in [5.74, 6) is 0.116. The maximum Gasteiger partial charge on any atom is 0.264 e. The Bertz CT molecular complexity index is 1070. The van der Waals surface area contributed by atoms with Crippen LogP contribution in [0.5, 0.6) is 0 Å². The molecule has 0 spiro atoms. The van der Waals surface area contributed by atoms with Gasteiger partial charge >= 0.3 is 0 Å². The highest BCUT2D eigenvalue weighted by Crippen LogP contribution is 2.40. The van der Waals surface area contributed by atoms with Gasteiger partial charge in [-0.1, -0.05) is 54.1 Å². The maximum absolute atomic E-state index is 13.4. The van der Waals surface area contributed by atoms with Crippen molar-refractivity contribution in [1.82, 2.24) is 4.90 Å². The van der Waals surface area contributed by atoms with Crippen LogP contribution in [-0.4, -0.2) is 63.3 Å². The van der Waals surface area contributed by atoms with Crippen LogP contribution < -0.4 is 9.80 Å². The van der Waals surface area contributed by atoms with Crippen LogP contribution in [0.4, 0.5) is 10.7 Å². The van der Waals surface area contributed by atoms with E-state index < -0.39 is 0 Å². The highest BCUT2D eigenvalue weighted by molar-refractivity contribution is 7.18. The number of ether oxygens (including phenoxy) is 1. The minimum Gasteiger partial charge on any atom is -0.378 e. The Balaban J connectivity index is 1.36. The number of hydrogen-bond donors (Lipinski definition) is 0. The van der Waals surface area contributed by atoms with E-state index in [-0.39, 0.29) is 5.91 Å². The van der Waals surface area contributed by atoms with Gasteiger partial charge in [-0.3, -0.25) is 4.79 Å². The zero-order valence-electron chi connectivity index (χ0n) is 17.9. The van der Waals surface area contributed by atoms with Crippen LogP contribution in [-0.2, 0) is 4.74 Å². The van der Waals surface area contributed by atoms with E-state index in [0.717, 1.165) is 71.1 Å². The molecule has 2 aliphatic heterocycles. The molecule has 0 bridgehead atoms. The van der Waals surface area contributed by atoms with Gasteiger partial charge in [-0.15, -0.1) is 11.3 Å². The predicted octanol–water partition coefficient (Wildman–Crippen LogP) is 4.87. The summed E-state index contributed by atoms with van der Waals surface area (Å²) < 4.78 is 5.54. The summed E-state index contributed by atoms with van der Waals surface area (Å²) in [6.07, 6.45) is 0. The third-order valence-corrected chi connectivity index (χ3v) is 7.57. The fourth-order valence-corrected chi connectivity index (χ4v) is 5.78. The number of amides is 1. The number of benzene rings is 2. The van der Waals surface area contributed by atoms with Gasteiger partial charge in [0.2, 0.25) is 0 Å². The van der Waals surface area contributed by atoms with Crippen LogP contribution in [0.3, 0.4) is 0 Å². The van der Waals surface area contributed by atoms with Crippen LogP contribution in [0.1, 0.15) is 9.67 Å². The highest BCUT2D eigenvalue weighted by Gasteiger charge is 2.27. The molecule has 0 unspecified atom stereocenters. The van der Waals surface area contributed by atoms with Gasteiger partial charge in [0.05, 0.1) is 33.8 Å². The second-order valence-corrected chi connectivity index (χ2v) is 9.46. The number of thiophene rings is 1. The number of carbonyl (C=O) groups is 1. The summed E-state index contributed by atoms with van der Waals surface area (Å²) in [4.78, 5) is 20.8. The number of anilines is 2. The van der Waals surface area contributed by atoms with Gasteiger partial charge in [0.1, 0.15) is 0 Å². The first-order chi connectivity index (χ1) is 15.7. The van der Waals surface area contributed by atoms with E-state index in [2.05, 4.69) is 28.0 Å². The lowest BCUT2D eigenvalue weighted by Gasteiger charge is -2.36. The average molecular weight is 468 g/mol. The smallest absolute Gasteiger partial charge is 0.264 e. The number of piperazine rings is 1. The molecule has 0 saturated carbocycles. The lowest BCUT2D eigenvalue weighted by molar-refractivity contribution is 0.0751. The summed E-state index contributed by atoms with van der Waals surface area (Å²) in [5, 5.41) is 1.92. The Labute approximate surface area is 197 Å². The lowest BCUT2D eigenvalue weighted by atomic mass is 10.1. The van der Waals surface area contributed by atoms with Crippen LogP contribution in [0.25, 0.3) is 11.1 Å². The SMILES string of the molecule is O=C(c1cc(-c2ccccc2)c(N2CCOCC2)s1)N1CCN(c2ccccc2Cl)CC1. The number of rotatable bonds is 4. The molecule has 0 radical (unpaired) electrons. The highest BCUT2D eigenvalue weighted by atomic mass is 35.5. The maximum atomic E-state index is 13.4. The average Bonchev–Trinajstić information content (AvgIpc) is 3.31. The van der Waals surface area contributed by atoms with Gasteiger partial charge in [0, 0.05) is 44.8 Å². The van der Waals surface area contributed by atoms with E-state index in [4.69, 9.17) is 16.3 Å².